The summed E-state index contributed by atoms with van der Waals surface area (Å²) in [6.45, 7) is 9.77. The molecule has 0 aromatic carbocycles. The van der Waals surface area contributed by atoms with E-state index in [0.717, 1.165) is 30.2 Å². The van der Waals surface area contributed by atoms with Crippen LogP contribution in [0.15, 0.2) is 12.3 Å². The van der Waals surface area contributed by atoms with Crippen molar-refractivity contribution in [3.05, 3.63) is 35.2 Å². The van der Waals surface area contributed by atoms with Gasteiger partial charge in [-0.05, 0) is 19.4 Å². The molecule has 0 radical (unpaired) electrons. The van der Waals surface area contributed by atoms with Crippen molar-refractivity contribution >= 4 is 5.91 Å². The first-order valence-corrected chi connectivity index (χ1v) is 8.10. The molecular weight excluding hydrogens is 290 g/mol. The van der Waals surface area contributed by atoms with Crippen molar-refractivity contribution in [1.82, 2.24) is 24.6 Å². The molecule has 0 bridgehead atoms. The van der Waals surface area contributed by atoms with Gasteiger partial charge >= 0.3 is 0 Å². The fraction of sp³-hybridized carbons (Fsp3) is 0.588. The van der Waals surface area contributed by atoms with Crippen LogP contribution >= 0.6 is 0 Å². The number of hydrogen-bond donors (Lipinski definition) is 1. The zero-order valence-corrected chi connectivity index (χ0v) is 14.6. The number of nitrogens with zero attached hydrogens (tertiary/aromatic N) is 4. The molecule has 6 nitrogen and oxygen atoms in total. The summed E-state index contributed by atoms with van der Waals surface area (Å²) in [4.78, 5) is 19.2. The van der Waals surface area contributed by atoms with Gasteiger partial charge in [-0.15, -0.1) is 0 Å². The molecule has 1 aliphatic rings. The second kappa shape index (κ2) is 5.51. The number of aryl methyl sites for hydroxylation is 2. The van der Waals surface area contributed by atoms with Gasteiger partial charge in [-0.1, -0.05) is 20.8 Å². The first kappa shape index (κ1) is 15.8. The largest absolute Gasteiger partial charge is 0.337 e. The van der Waals surface area contributed by atoms with Gasteiger partial charge in [-0.2, -0.15) is 5.10 Å². The number of amides is 1. The number of aromatic nitrogens is 4. The standard InChI is InChI=1S/C17H25N5O/c1-11-9-21(5)15(18-11)12-6-7-22(10-12)16(23)13-8-14(20-19-13)17(2,3)4/h8-9,12H,6-7,10H2,1-5H3,(H,19,20)/t12-/m0/s1. The normalized spacial score (nSPS) is 18.7. The van der Waals surface area contributed by atoms with Crippen LogP contribution < -0.4 is 0 Å². The van der Waals surface area contributed by atoms with E-state index in [4.69, 9.17) is 0 Å². The lowest BCUT2D eigenvalue weighted by molar-refractivity contribution is 0.0784. The second-order valence-corrected chi connectivity index (χ2v) is 7.51. The molecule has 1 fully saturated rings. The topological polar surface area (TPSA) is 66.8 Å². The molecule has 1 atom stereocenters. The Morgan fingerprint density at radius 2 is 2.13 bits per heavy atom. The molecular formula is C17H25N5O. The Labute approximate surface area is 136 Å². The number of carbonyl (C=O) groups excluding carboxylic acids is 1. The van der Waals surface area contributed by atoms with Gasteiger partial charge in [-0.25, -0.2) is 4.98 Å². The highest BCUT2D eigenvalue weighted by Gasteiger charge is 2.31. The van der Waals surface area contributed by atoms with Crippen molar-refractivity contribution < 1.29 is 4.79 Å². The summed E-state index contributed by atoms with van der Waals surface area (Å²) in [5, 5.41) is 7.20. The lowest BCUT2D eigenvalue weighted by atomic mass is 9.92. The lowest BCUT2D eigenvalue weighted by Gasteiger charge is -2.16. The van der Waals surface area contributed by atoms with Gasteiger partial charge in [0.15, 0.2) is 0 Å². The number of H-pyrrole nitrogens is 1. The Hall–Kier alpha value is -2.11. The van der Waals surface area contributed by atoms with E-state index in [0.29, 0.717) is 18.2 Å². The predicted octanol–water partition coefficient (Wildman–Crippen LogP) is 2.38. The van der Waals surface area contributed by atoms with Crippen LogP contribution in [0, 0.1) is 6.92 Å². The highest BCUT2D eigenvalue weighted by molar-refractivity contribution is 5.92. The molecule has 23 heavy (non-hydrogen) atoms. The average molecular weight is 315 g/mol. The molecule has 6 heteroatoms. The predicted molar refractivity (Wildman–Crippen MR) is 88.5 cm³/mol. The third-order valence-corrected chi connectivity index (χ3v) is 4.48. The van der Waals surface area contributed by atoms with E-state index in [2.05, 4.69) is 40.5 Å². The molecule has 2 aromatic rings. The maximum absolute atomic E-state index is 12.7. The molecule has 1 N–H and O–H groups in total. The van der Waals surface area contributed by atoms with Crippen molar-refractivity contribution in [2.24, 2.45) is 7.05 Å². The Morgan fingerprint density at radius 3 is 2.70 bits per heavy atom. The number of nitrogens with one attached hydrogen (secondary N) is 1. The van der Waals surface area contributed by atoms with Gasteiger partial charge in [0, 0.05) is 43.4 Å². The minimum atomic E-state index is -0.0381. The summed E-state index contributed by atoms with van der Waals surface area (Å²) in [5.41, 5.74) is 2.47. The second-order valence-electron chi connectivity index (χ2n) is 7.51. The van der Waals surface area contributed by atoms with Gasteiger partial charge in [0.25, 0.3) is 5.91 Å². The molecule has 0 saturated carbocycles. The van der Waals surface area contributed by atoms with Crippen LogP contribution in [0.3, 0.4) is 0 Å². The fourth-order valence-electron chi connectivity index (χ4n) is 3.15. The van der Waals surface area contributed by atoms with Crippen LogP contribution in [0.25, 0.3) is 0 Å². The molecule has 1 amide bonds. The number of hydrogen-bond acceptors (Lipinski definition) is 3. The molecule has 0 unspecified atom stereocenters. The Bertz CT molecular complexity index is 722. The Balaban J connectivity index is 1.72. The van der Waals surface area contributed by atoms with Crippen LogP contribution in [-0.2, 0) is 12.5 Å². The highest BCUT2D eigenvalue weighted by Crippen LogP contribution is 2.28. The summed E-state index contributed by atoms with van der Waals surface area (Å²) >= 11 is 0. The molecule has 1 saturated heterocycles. The van der Waals surface area contributed by atoms with Crippen LogP contribution in [-0.4, -0.2) is 43.6 Å². The average Bonchev–Trinajstić information content (AvgIpc) is 3.16. The minimum Gasteiger partial charge on any atom is -0.337 e. The molecule has 1 aliphatic heterocycles. The van der Waals surface area contributed by atoms with Crippen LogP contribution in [0.4, 0.5) is 0 Å². The fourth-order valence-corrected chi connectivity index (χ4v) is 3.15. The maximum Gasteiger partial charge on any atom is 0.274 e. The molecule has 3 heterocycles. The minimum absolute atomic E-state index is 0.00480. The van der Waals surface area contributed by atoms with Crippen molar-refractivity contribution in [2.45, 2.75) is 45.4 Å². The van der Waals surface area contributed by atoms with Gasteiger partial charge in [0.1, 0.15) is 11.5 Å². The Morgan fingerprint density at radius 1 is 1.39 bits per heavy atom. The van der Waals surface area contributed by atoms with E-state index >= 15 is 0 Å². The quantitative estimate of drug-likeness (QED) is 0.925. The summed E-state index contributed by atoms with van der Waals surface area (Å²) in [7, 11) is 2.02. The molecule has 2 aromatic heterocycles. The summed E-state index contributed by atoms with van der Waals surface area (Å²) < 4.78 is 2.07. The van der Waals surface area contributed by atoms with E-state index in [9.17, 15) is 4.79 Å². The summed E-state index contributed by atoms with van der Waals surface area (Å²) in [5.74, 6) is 1.37. The van der Waals surface area contributed by atoms with Gasteiger partial charge in [0.05, 0.1) is 5.69 Å². The molecule has 0 aliphatic carbocycles. The van der Waals surface area contributed by atoms with Crippen LogP contribution in [0.1, 0.15) is 60.8 Å². The van der Waals surface area contributed by atoms with Gasteiger partial charge < -0.3 is 9.47 Å². The molecule has 0 spiro atoms. The van der Waals surface area contributed by atoms with Gasteiger partial charge in [-0.3, -0.25) is 9.89 Å². The van der Waals surface area contributed by atoms with Gasteiger partial charge in [0.2, 0.25) is 0 Å². The van der Waals surface area contributed by atoms with Crippen molar-refractivity contribution in [3.8, 4) is 0 Å². The SMILES string of the molecule is Cc1cn(C)c([C@H]2CCN(C(=O)c3cc(C(C)(C)C)[nH]n3)C2)n1. The smallest absolute Gasteiger partial charge is 0.274 e. The van der Waals surface area contributed by atoms with Crippen molar-refractivity contribution in [1.29, 1.82) is 0 Å². The maximum atomic E-state index is 12.7. The molecule has 3 rings (SSSR count). The zero-order valence-electron chi connectivity index (χ0n) is 14.6. The van der Waals surface area contributed by atoms with E-state index in [-0.39, 0.29) is 11.3 Å². The first-order chi connectivity index (χ1) is 10.8. The van der Waals surface area contributed by atoms with E-state index in [1.54, 1.807) is 0 Å². The molecule has 124 valence electrons. The number of aromatic amines is 1. The number of imidazole rings is 1. The highest BCUT2D eigenvalue weighted by atomic mass is 16.2. The van der Waals surface area contributed by atoms with Crippen LogP contribution in [0.5, 0.6) is 0 Å². The monoisotopic (exact) mass is 315 g/mol. The number of carbonyl (C=O) groups is 1. The van der Waals surface area contributed by atoms with E-state index in [1.165, 1.54) is 0 Å². The van der Waals surface area contributed by atoms with Crippen molar-refractivity contribution in [3.63, 3.8) is 0 Å². The van der Waals surface area contributed by atoms with E-state index in [1.807, 2.05) is 31.1 Å². The summed E-state index contributed by atoms with van der Waals surface area (Å²) in [6, 6.07) is 1.88. The third-order valence-electron chi connectivity index (χ3n) is 4.48. The van der Waals surface area contributed by atoms with Crippen LogP contribution in [0.2, 0.25) is 0 Å². The number of rotatable bonds is 2. The van der Waals surface area contributed by atoms with E-state index < -0.39 is 0 Å². The first-order valence-electron chi connectivity index (χ1n) is 8.10. The summed E-state index contributed by atoms with van der Waals surface area (Å²) in [6.07, 6.45) is 2.98. The zero-order chi connectivity index (χ0) is 16.8. The Kier molecular flexibility index (Phi) is 3.78. The third kappa shape index (κ3) is 3.02. The lowest BCUT2D eigenvalue weighted by Crippen LogP contribution is -2.29. The number of likely N-dealkylation sites (tertiary alicyclic amines) is 1. The van der Waals surface area contributed by atoms with Crippen molar-refractivity contribution in [2.75, 3.05) is 13.1 Å².